The van der Waals surface area contributed by atoms with Gasteiger partial charge in [-0.15, -0.1) is 11.3 Å². The van der Waals surface area contributed by atoms with Gasteiger partial charge in [-0.25, -0.2) is 19.3 Å². The van der Waals surface area contributed by atoms with E-state index in [1.54, 1.807) is 17.4 Å². The van der Waals surface area contributed by atoms with E-state index >= 15 is 0 Å². The van der Waals surface area contributed by atoms with Gasteiger partial charge in [-0.05, 0) is 19.9 Å². The molecular formula is C15H15FN4OS. The van der Waals surface area contributed by atoms with Crippen LogP contribution in [0.1, 0.15) is 15.6 Å². The minimum Gasteiger partial charge on any atom is -0.494 e. The number of aryl methyl sites for hydroxylation is 2. The van der Waals surface area contributed by atoms with Crippen LogP contribution in [0.4, 0.5) is 10.2 Å². The third-order valence-corrected chi connectivity index (χ3v) is 4.46. The van der Waals surface area contributed by atoms with Gasteiger partial charge in [0.25, 0.3) is 0 Å². The summed E-state index contributed by atoms with van der Waals surface area (Å²) in [5.74, 6) is 0.367. The van der Waals surface area contributed by atoms with Gasteiger partial charge in [-0.3, -0.25) is 0 Å². The van der Waals surface area contributed by atoms with Gasteiger partial charge in [0, 0.05) is 16.3 Å². The molecule has 2 aromatic heterocycles. The maximum absolute atomic E-state index is 13.7. The van der Waals surface area contributed by atoms with Gasteiger partial charge in [-0.1, -0.05) is 0 Å². The number of methoxy groups -OCH3 is 1. The van der Waals surface area contributed by atoms with Gasteiger partial charge in [0.1, 0.15) is 17.2 Å². The van der Waals surface area contributed by atoms with Crippen LogP contribution in [0.2, 0.25) is 0 Å². The Morgan fingerprint density at radius 2 is 2.09 bits per heavy atom. The zero-order chi connectivity index (χ0) is 15.7. The molecule has 114 valence electrons. The standard InChI is InChI=1S/C15H15FN4OS/c1-8-9(2)22-14(20-8)6-17-15-10-4-13(21-3)11(16)5-12(10)18-7-19-15/h4-5,7H,6H2,1-3H3,(H,17,18,19). The third-order valence-electron chi connectivity index (χ3n) is 3.39. The molecule has 22 heavy (non-hydrogen) atoms. The molecule has 0 aliphatic rings. The van der Waals surface area contributed by atoms with E-state index < -0.39 is 5.82 Å². The largest absolute Gasteiger partial charge is 0.494 e. The van der Waals surface area contributed by atoms with E-state index in [-0.39, 0.29) is 5.75 Å². The minimum absolute atomic E-state index is 0.172. The first kappa shape index (κ1) is 14.6. The van der Waals surface area contributed by atoms with E-state index in [9.17, 15) is 4.39 Å². The predicted molar refractivity (Wildman–Crippen MR) is 85.0 cm³/mol. The average molecular weight is 318 g/mol. The van der Waals surface area contributed by atoms with Crippen LogP contribution in [-0.4, -0.2) is 22.1 Å². The first-order chi connectivity index (χ1) is 10.6. The molecule has 0 unspecified atom stereocenters. The number of anilines is 1. The van der Waals surface area contributed by atoms with Crippen molar-refractivity contribution in [2.75, 3.05) is 12.4 Å². The van der Waals surface area contributed by atoms with E-state index in [0.29, 0.717) is 23.3 Å². The van der Waals surface area contributed by atoms with Crippen LogP contribution < -0.4 is 10.1 Å². The Labute approximate surface area is 131 Å². The number of ether oxygens (including phenoxy) is 1. The van der Waals surface area contributed by atoms with Gasteiger partial charge < -0.3 is 10.1 Å². The molecule has 0 aliphatic carbocycles. The lowest BCUT2D eigenvalue weighted by atomic mass is 10.2. The van der Waals surface area contributed by atoms with E-state index in [2.05, 4.69) is 20.3 Å². The molecule has 3 rings (SSSR count). The van der Waals surface area contributed by atoms with Crippen LogP contribution in [0, 0.1) is 19.7 Å². The van der Waals surface area contributed by atoms with Crippen molar-refractivity contribution in [3.63, 3.8) is 0 Å². The molecule has 0 saturated carbocycles. The summed E-state index contributed by atoms with van der Waals surface area (Å²) < 4.78 is 18.8. The van der Waals surface area contributed by atoms with Crippen LogP contribution in [0.5, 0.6) is 5.75 Å². The molecule has 7 heteroatoms. The lowest BCUT2D eigenvalue weighted by molar-refractivity contribution is 0.387. The van der Waals surface area contributed by atoms with Gasteiger partial charge in [0.2, 0.25) is 0 Å². The van der Waals surface area contributed by atoms with Crippen molar-refractivity contribution in [1.29, 1.82) is 0 Å². The van der Waals surface area contributed by atoms with Crippen LogP contribution in [0.25, 0.3) is 10.9 Å². The van der Waals surface area contributed by atoms with Gasteiger partial charge in [-0.2, -0.15) is 0 Å². The fraction of sp³-hybridized carbons (Fsp3) is 0.267. The highest BCUT2D eigenvalue weighted by Gasteiger charge is 2.11. The second kappa shape index (κ2) is 5.84. The number of rotatable bonds is 4. The Morgan fingerprint density at radius 3 is 2.77 bits per heavy atom. The summed E-state index contributed by atoms with van der Waals surface area (Å²) in [6, 6.07) is 2.95. The Bertz CT molecular complexity index is 814. The van der Waals surface area contributed by atoms with Crippen molar-refractivity contribution >= 4 is 28.1 Å². The predicted octanol–water partition coefficient (Wildman–Crippen LogP) is 3.46. The summed E-state index contributed by atoms with van der Waals surface area (Å²) in [5, 5.41) is 4.93. The Morgan fingerprint density at radius 1 is 1.27 bits per heavy atom. The molecule has 3 aromatic rings. The van der Waals surface area contributed by atoms with Crippen molar-refractivity contribution in [3.8, 4) is 5.75 Å². The lowest BCUT2D eigenvalue weighted by Gasteiger charge is -2.09. The number of aromatic nitrogens is 3. The summed E-state index contributed by atoms with van der Waals surface area (Å²) in [5.41, 5.74) is 1.57. The molecule has 2 heterocycles. The fourth-order valence-corrected chi connectivity index (χ4v) is 3.00. The van der Waals surface area contributed by atoms with Crippen LogP contribution >= 0.6 is 11.3 Å². The Kier molecular flexibility index (Phi) is 3.89. The highest BCUT2D eigenvalue weighted by molar-refractivity contribution is 7.11. The molecule has 1 aromatic carbocycles. The maximum atomic E-state index is 13.7. The summed E-state index contributed by atoms with van der Waals surface area (Å²) in [4.78, 5) is 14.0. The molecule has 0 amide bonds. The van der Waals surface area contributed by atoms with E-state index in [0.717, 1.165) is 10.7 Å². The highest BCUT2D eigenvalue weighted by Crippen LogP contribution is 2.27. The number of hydrogen-bond donors (Lipinski definition) is 1. The van der Waals surface area contributed by atoms with Gasteiger partial charge >= 0.3 is 0 Å². The van der Waals surface area contributed by atoms with Crippen molar-refractivity contribution < 1.29 is 9.13 Å². The number of halogens is 1. The topological polar surface area (TPSA) is 59.9 Å². The molecule has 0 fully saturated rings. The number of nitrogens with zero attached hydrogens (tertiary/aromatic N) is 3. The molecule has 0 radical (unpaired) electrons. The van der Waals surface area contributed by atoms with E-state index in [1.165, 1.54) is 24.4 Å². The number of fused-ring (bicyclic) bond motifs is 1. The van der Waals surface area contributed by atoms with Crippen LogP contribution in [-0.2, 0) is 6.54 Å². The van der Waals surface area contributed by atoms with Crippen molar-refractivity contribution in [2.45, 2.75) is 20.4 Å². The summed E-state index contributed by atoms with van der Waals surface area (Å²) >= 11 is 1.65. The molecule has 5 nitrogen and oxygen atoms in total. The molecule has 1 N–H and O–H groups in total. The summed E-state index contributed by atoms with van der Waals surface area (Å²) in [6.07, 6.45) is 1.41. The van der Waals surface area contributed by atoms with Crippen molar-refractivity contribution in [3.05, 3.63) is 39.9 Å². The maximum Gasteiger partial charge on any atom is 0.167 e. The van der Waals surface area contributed by atoms with Crippen molar-refractivity contribution in [1.82, 2.24) is 15.0 Å². The number of hydrogen-bond acceptors (Lipinski definition) is 6. The molecule has 0 atom stereocenters. The third kappa shape index (κ3) is 2.71. The quantitative estimate of drug-likeness (QED) is 0.798. The summed E-state index contributed by atoms with van der Waals surface area (Å²) in [6.45, 7) is 4.60. The number of benzene rings is 1. The smallest absolute Gasteiger partial charge is 0.167 e. The Balaban J connectivity index is 1.92. The first-order valence-corrected chi connectivity index (χ1v) is 7.55. The molecule has 0 bridgehead atoms. The minimum atomic E-state index is -0.439. The lowest BCUT2D eigenvalue weighted by Crippen LogP contribution is -2.03. The Hall–Kier alpha value is -2.28. The average Bonchev–Trinajstić information content (AvgIpc) is 2.83. The monoisotopic (exact) mass is 318 g/mol. The normalized spacial score (nSPS) is 10.9. The molecule has 0 saturated heterocycles. The number of nitrogens with one attached hydrogen (secondary N) is 1. The first-order valence-electron chi connectivity index (χ1n) is 6.73. The highest BCUT2D eigenvalue weighted by atomic mass is 32.1. The van der Waals surface area contributed by atoms with E-state index in [1.807, 2.05) is 13.8 Å². The second-order valence-corrected chi connectivity index (χ2v) is 6.12. The second-order valence-electron chi connectivity index (χ2n) is 4.83. The zero-order valence-electron chi connectivity index (χ0n) is 12.5. The van der Waals surface area contributed by atoms with Gasteiger partial charge in [0.05, 0.1) is 24.9 Å². The van der Waals surface area contributed by atoms with E-state index in [4.69, 9.17) is 4.74 Å². The van der Waals surface area contributed by atoms with Crippen LogP contribution in [0.3, 0.4) is 0 Å². The van der Waals surface area contributed by atoms with Crippen molar-refractivity contribution in [2.24, 2.45) is 0 Å². The zero-order valence-corrected chi connectivity index (χ0v) is 13.3. The molecule has 0 aliphatic heterocycles. The molecule has 0 spiro atoms. The SMILES string of the molecule is COc1cc2c(NCc3nc(C)c(C)s3)ncnc2cc1F. The fourth-order valence-electron chi connectivity index (χ4n) is 2.13. The van der Waals surface area contributed by atoms with Crippen LogP contribution in [0.15, 0.2) is 18.5 Å². The number of thiazole rings is 1. The molecular weight excluding hydrogens is 303 g/mol. The van der Waals surface area contributed by atoms with Gasteiger partial charge in [0.15, 0.2) is 11.6 Å². The summed E-state index contributed by atoms with van der Waals surface area (Å²) in [7, 11) is 1.43.